The van der Waals surface area contributed by atoms with Crippen LogP contribution in [-0.2, 0) is 4.74 Å². The summed E-state index contributed by atoms with van der Waals surface area (Å²) in [5.41, 5.74) is 11.2. The number of nitriles is 1. The molecule has 2 atom stereocenters. The number of allylic oxidation sites excluding steroid dienone is 2. The van der Waals surface area contributed by atoms with Gasteiger partial charge in [0.2, 0.25) is 0 Å². The van der Waals surface area contributed by atoms with Crippen molar-refractivity contribution in [2.24, 2.45) is 5.18 Å². The number of nitrogens with one attached hydrogen (secondary N) is 2. The standard InChI is InChI=1S/C22H30N6O3/c1-6-8-17-14(11-23)18(13-9-7-10-16(24)19(13)28-30)15(22(5,25)27-17)12-26-20(29)31-21(2,3)4/h7,9-10,12,18,27H,6,8,24-25H2,1-5H3,(H,26,29)/p+1. The zero-order valence-corrected chi connectivity index (χ0v) is 18.7. The summed E-state index contributed by atoms with van der Waals surface area (Å²) in [7, 11) is 0. The topological polar surface area (TPSA) is 157 Å². The first kappa shape index (κ1) is 23.9. The van der Waals surface area contributed by atoms with Gasteiger partial charge in [0.1, 0.15) is 11.3 Å². The van der Waals surface area contributed by atoms with Crippen molar-refractivity contribution in [1.82, 2.24) is 10.6 Å². The van der Waals surface area contributed by atoms with E-state index in [1.54, 1.807) is 39.0 Å². The summed E-state index contributed by atoms with van der Waals surface area (Å²) >= 11 is 0. The molecule has 2 unspecified atom stereocenters. The molecule has 0 saturated heterocycles. The highest BCUT2D eigenvalue weighted by Crippen LogP contribution is 2.45. The Kier molecular flexibility index (Phi) is 7.08. The maximum Gasteiger partial charge on any atom is 0.411 e. The van der Waals surface area contributed by atoms with Crippen LogP contribution >= 0.6 is 0 Å². The predicted octanol–water partition coefficient (Wildman–Crippen LogP) is 3.30. The van der Waals surface area contributed by atoms with Crippen LogP contribution in [0.2, 0.25) is 0 Å². The Balaban J connectivity index is 2.70. The summed E-state index contributed by atoms with van der Waals surface area (Å²) in [6.45, 7) is 9.13. The third-order valence-electron chi connectivity index (χ3n) is 4.85. The van der Waals surface area contributed by atoms with Crippen molar-refractivity contribution in [3.05, 3.63) is 51.7 Å². The molecule has 0 fully saturated rings. The number of alkyl carbamates (subject to hydrolysis) is 1. The molecule has 1 amide bonds. The first-order chi connectivity index (χ1) is 14.4. The lowest BCUT2D eigenvalue weighted by Crippen LogP contribution is -2.80. The third-order valence-corrected chi connectivity index (χ3v) is 4.85. The van der Waals surface area contributed by atoms with E-state index in [1.165, 1.54) is 6.20 Å². The summed E-state index contributed by atoms with van der Waals surface area (Å²) in [6.07, 6.45) is 2.28. The molecule has 9 nitrogen and oxygen atoms in total. The zero-order chi connectivity index (χ0) is 23.4. The fraction of sp³-hybridized carbons (Fsp3) is 0.455. The smallest absolute Gasteiger partial charge is 0.411 e. The Morgan fingerprint density at radius 2 is 2.16 bits per heavy atom. The molecule has 2 rings (SSSR count). The van der Waals surface area contributed by atoms with Crippen LogP contribution in [0.3, 0.4) is 0 Å². The number of nitrogen functional groups attached to an aromatic ring is 1. The Labute approximate surface area is 182 Å². The van der Waals surface area contributed by atoms with Gasteiger partial charge in [0, 0.05) is 24.4 Å². The molecule has 1 heterocycles. The molecule has 1 aromatic rings. The summed E-state index contributed by atoms with van der Waals surface area (Å²) < 4.78 is 5.31. The van der Waals surface area contributed by atoms with Crippen LogP contribution in [0.25, 0.3) is 0 Å². The van der Waals surface area contributed by atoms with Gasteiger partial charge < -0.3 is 21.5 Å². The van der Waals surface area contributed by atoms with Crippen molar-refractivity contribution < 1.29 is 15.3 Å². The summed E-state index contributed by atoms with van der Waals surface area (Å²) in [5, 5.41) is 19.1. The Bertz CT molecular complexity index is 966. The van der Waals surface area contributed by atoms with Gasteiger partial charge in [-0.1, -0.05) is 25.5 Å². The van der Waals surface area contributed by atoms with Crippen LogP contribution in [0, 0.1) is 16.2 Å². The van der Waals surface area contributed by atoms with Crippen molar-refractivity contribution >= 4 is 17.5 Å². The van der Waals surface area contributed by atoms with Gasteiger partial charge in [-0.3, -0.25) is 5.32 Å². The van der Waals surface area contributed by atoms with E-state index < -0.39 is 23.3 Å². The van der Waals surface area contributed by atoms with Gasteiger partial charge in [-0.25, -0.2) is 4.79 Å². The molecular weight excluding hydrogens is 396 g/mol. The second-order valence-electron chi connectivity index (χ2n) is 8.77. The van der Waals surface area contributed by atoms with E-state index in [4.69, 9.17) is 10.5 Å². The number of nitrogens with two attached hydrogens (primary N) is 1. The average Bonchev–Trinajstić information content (AvgIpc) is 2.64. The minimum absolute atomic E-state index is 0.0666. The molecule has 0 radical (unpaired) electrons. The van der Waals surface area contributed by atoms with E-state index in [1.807, 2.05) is 13.8 Å². The average molecular weight is 428 g/mol. The molecule has 0 bridgehead atoms. The fourth-order valence-electron chi connectivity index (χ4n) is 3.63. The highest BCUT2D eigenvalue weighted by atomic mass is 16.6. The fourth-order valence-corrected chi connectivity index (χ4v) is 3.63. The molecule has 9 heteroatoms. The number of nitrogens with zero attached hydrogens (tertiary/aromatic N) is 2. The minimum atomic E-state index is -0.880. The number of quaternary nitrogens is 1. The number of carbonyl (C=O) groups excluding carboxylic acids is 1. The van der Waals surface area contributed by atoms with Gasteiger partial charge >= 0.3 is 6.09 Å². The lowest BCUT2D eigenvalue weighted by molar-refractivity contribution is -0.467. The number of anilines is 1. The first-order valence-corrected chi connectivity index (χ1v) is 10.1. The minimum Gasteiger partial charge on any atom is -0.444 e. The normalized spacial score (nSPS) is 22.5. The van der Waals surface area contributed by atoms with Gasteiger partial charge in [-0.05, 0) is 44.0 Å². The number of amides is 1. The van der Waals surface area contributed by atoms with E-state index in [2.05, 4.69) is 27.6 Å². The molecule has 0 spiro atoms. The number of rotatable bonds is 5. The molecule has 1 aliphatic heterocycles. The van der Waals surface area contributed by atoms with Gasteiger partial charge in [0.05, 0.1) is 23.2 Å². The monoisotopic (exact) mass is 427 g/mol. The molecule has 0 aliphatic carbocycles. The van der Waals surface area contributed by atoms with Crippen LogP contribution in [0.4, 0.5) is 16.2 Å². The van der Waals surface area contributed by atoms with Crippen LogP contribution in [0.15, 0.2) is 46.4 Å². The van der Waals surface area contributed by atoms with Gasteiger partial charge in [-0.2, -0.15) is 5.26 Å². The first-order valence-electron chi connectivity index (χ1n) is 10.1. The van der Waals surface area contributed by atoms with Gasteiger partial charge in [0.25, 0.3) is 0 Å². The lowest BCUT2D eigenvalue weighted by atomic mass is 9.75. The quantitative estimate of drug-likeness (QED) is 0.417. The van der Waals surface area contributed by atoms with Crippen molar-refractivity contribution in [2.75, 3.05) is 5.73 Å². The number of nitroso groups, excluding NO2 is 1. The van der Waals surface area contributed by atoms with Crippen molar-refractivity contribution in [1.29, 1.82) is 5.26 Å². The second kappa shape index (κ2) is 9.18. The van der Waals surface area contributed by atoms with E-state index in [0.717, 1.165) is 12.1 Å². The predicted molar refractivity (Wildman–Crippen MR) is 118 cm³/mol. The molecule has 166 valence electrons. The summed E-state index contributed by atoms with van der Waals surface area (Å²) in [5.74, 6) is -0.665. The maximum absolute atomic E-state index is 12.3. The number of benzene rings is 1. The highest BCUT2D eigenvalue weighted by molar-refractivity contribution is 5.72. The summed E-state index contributed by atoms with van der Waals surface area (Å²) in [6, 6.07) is 7.26. The SMILES string of the molecule is CCCC1=C(C#N)C(c2cccc(N)c2N=O)C(=CNC(=O)OC(C)(C)C)C(C)([NH3+])N1. The molecule has 1 aromatic carbocycles. The molecule has 1 aliphatic rings. The van der Waals surface area contributed by atoms with E-state index in [9.17, 15) is 15.0 Å². The number of hydrogen-bond donors (Lipinski definition) is 4. The van der Waals surface area contributed by atoms with Crippen LogP contribution in [0.1, 0.15) is 58.9 Å². The molecule has 0 aromatic heterocycles. The largest absolute Gasteiger partial charge is 0.444 e. The molecular formula is C22H31N6O3+. The molecule has 7 N–H and O–H groups in total. The maximum atomic E-state index is 12.3. The van der Waals surface area contributed by atoms with Gasteiger partial charge in [-0.15, -0.1) is 4.91 Å². The van der Waals surface area contributed by atoms with Crippen molar-refractivity contribution in [3.8, 4) is 6.07 Å². The van der Waals surface area contributed by atoms with E-state index >= 15 is 0 Å². The van der Waals surface area contributed by atoms with Crippen molar-refractivity contribution in [3.63, 3.8) is 0 Å². The Morgan fingerprint density at radius 1 is 1.48 bits per heavy atom. The lowest BCUT2D eigenvalue weighted by Gasteiger charge is -2.38. The van der Waals surface area contributed by atoms with E-state index in [0.29, 0.717) is 23.1 Å². The second-order valence-corrected chi connectivity index (χ2v) is 8.77. The molecule has 0 saturated carbocycles. The Morgan fingerprint density at radius 3 is 2.71 bits per heavy atom. The van der Waals surface area contributed by atoms with E-state index in [-0.39, 0.29) is 11.4 Å². The summed E-state index contributed by atoms with van der Waals surface area (Å²) in [4.78, 5) is 23.9. The number of carbonyl (C=O) groups is 1. The Hall–Kier alpha value is -3.38. The number of hydrogen-bond acceptors (Lipinski definition) is 7. The van der Waals surface area contributed by atoms with Crippen molar-refractivity contribution in [2.45, 2.75) is 64.6 Å². The van der Waals surface area contributed by atoms with Crippen LogP contribution in [-0.4, -0.2) is 17.4 Å². The van der Waals surface area contributed by atoms with Gasteiger partial charge in [0.15, 0.2) is 5.66 Å². The third kappa shape index (κ3) is 5.41. The van der Waals surface area contributed by atoms with Crippen LogP contribution < -0.4 is 22.1 Å². The zero-order valence-electron chi connectivity index (χ0n) is 18.7. The van der Waals surface area contributed by atoms with Crippen LogP contribution in [0.5, 0.6) is 0 Å². The molecule has 31 heavy (non-hydrogen) atoms. The highest BCUT2D eigenvalue weighted by Gasteiger charge is 2.43. The number of ether oxygens (including phenoxy) is 1.